The van der Waals surface area contributed by atoms with Crippen LogP contribution in [0.5, 0.6) is 0 Å². The summed E-state index contributed by atoms with van der Waals surface area (Å²) in [6.07, 6.45) is 1.89. The van der Waals surface area contributed by atoms with Gasteiger partial charge < -0.3 is 4.74 Å². The largest absolute Gasteiger partial charge is 0.438 e. The van der Waals surface area contributed by atoms with E-state index in [0.29, 0.717) is 23.8 Å². The molecule has 0 N–H and O–H groups in total. The third kappa shape index (κ3) is 6.21. The summed E-state index contributed by atoms with van der Waals surface area (Å²) in [5.74, 6) is 0.337. The van der Waals surface area contributed by atoms with Gasteiger partial charge in [-0.05, 0) is 18.3 Å². The number of benzene rings is 1. The van der Waals surface area contributed by atoms with Gasteiger partial charge in [0.05, 0.1) is 0 Å². The molecule has 0 radical (unpaired) electrons. The number of esters is 1. The van der Waals surface area contributed by atoms with E-state index in [4.69, 9.17) is 4.74 Å². The predicted molar refractivity (Wildman–Crippen MR) is 92.8 cm³/mol. The van der Waals surface area contributed by atoms with E-state index in [1.54, 1.807) is 39.8 Å². The van der Waals surface area contributed by atoms with Crippen LogP contribution in [0.1, 0.15) is 51.0 Å². The molecule has 4 unspecified atom stereocenters. The fourth-order valence-corrected chi connectivity index (χ4v) is 3.28. The van der Waals surface area contributed by atoms with Gasteiger partial charge in [0.1, 0.15) is 0 Å². The summed E-state index contributed by atoms with van der Waals surface area (Å²) in [4.78, 5) is 12.1. The Bertz CT molecular complexity index is 588. The molecule has 0 heterocycles. The second-order valence-corrected chi connectivity index (χ2v) is 7.91. The monoisotopic (exact) mass is 360 g/mol. The van der Waals surface area contributed by atoms with Gasteiger partial charge in [-0.25, -0.2) is 0 Å². The minimum absolute atomic E-state index is 0.182. The number of hydrogen-bond donors (Lipinski definition) is 0. The highest BCUT2D eigenvalue weighted by atomic mass is 32.2. The van der Waals surface area contributed by atoms with E-state index in [1.165, 1.54) is 0 Å². The van der Waals surface area contributed by atoms with E-state index in [2.05, 4.69) is 24.7 Å². The molecule has 1 aromatic carbocycles. The van der Waals surface area contributed by atoms with Crippen molar-refractivity contribution in [1.29, 1.82) is 0 Å². The first kappa shape index (κ1) is 20.1. The molecule has 130 valence electrons. The molecule has 1 aromatic rings. The molecule has 0 fully saturated rings. The number of rotatable bonds is 9. The van der Waals surface area contributed by atoms with Gasteiger partial charge in [-0.1, -0.05) is 57.5 Å². The molecule has 0 aliphatic carbocycles. The fourth-order valence-electron chi connectivity index (χ4n) is 2.16. The van der Waals surface area contributed by atoms with Gasteiger partial charge in [-0.3, -0.25) is 8.76 Å². The minimum Gasteiger partial charge on any atom is -0.438 e. The molecule has 0 aliphatic heterocycles. The Hall–Kier alpha value is -0.970. The Morgan fingerprint density at radius 2 is 1.78 bits per heavy atom. The van der Waals surface area contributed by atoms with Crippen molar-refractivity contribution in [2.75, 3.05) is 0 Å². The van der Waals surface area contributed by atoms with Crippen LogP contribution in [0.2, 0.25) is 0 Å². The SMILES string of the molecule is CCC(C)C(C)CCC(=O)OC(c1ccccc1)S(=O)(=O)OP. The summed E-state index contributed by atoms with van der Waals surface area (Å²) in [5.41, 5.74) is -1.09. The van der Waals surface area contributed by atoms with Gasteiger partial charge in [0.15, 0.2) is 0 Å². The molecule has 23 heavy (non-hydrogen) atoms. The summed E-state index contributed by atoms with van der Waals surface area (Å²) in [6.45, 7) is 6.32. The standard InChI is InChI=1S/C16H25O5PS/c1-4-12(2)13(3)10-11-15(17)20-16(23(18,19)21-22)14-8-6-5-7-9-14/h5-9,12-13,16H,4,10-11,22H2,1-3H3. The minimum atomic E-state index is -4.05. The molecule has 1 rings (SSSR count). The molecule has 7 heteroatoms. The van der Waals surface area contributed by atoms with Gasteiger partial charge in [0, 0.05) is 21.5 Å². The van der Waals surface area contributed by atoms with Crippen LogP contribution in [0.15, 0.2) is 30.3 Å². The fraction of sp³-hybridized carbons (Fsp3) is 0.562. The Morgan fingerprint density at radius 1 is 1.17 bits per heavy atom. The Kier molecular flexibility index (Phi) is 8.17. The van der Waals surface area contributed by atoms with Crippen molar-refractivity contribution in [3.63, 3.8) is 0 Å². The predicted octanol–water partition coefficient (Wildman–Crippen LogP) is 3.83. The van der Waals surface area contributed by atoms with Crippen molar-refractivity contribution >= 4 is 25.6 Å². The van der Waals surface area contributed by atoms with Crippen molar-refractivity contribution in [2.45, 2.75) is 45.5 Å². The first-order chi connectivity index (χ1) is 10.8. The lowest BCUT2D eigenvalue weighted by Gasteiger charge is -2.20. The van der Waals surface area contributed by atoms with Crippen molar-refractivity contribution in [3.8, 4) is 0 Å². The summed E-state index contributed by atoms with van der Waals surface area (Å²) >= 11 is 0. The summed E-state index contributed by atoms with van der Waals surface area (Å²) in [7, 11) is -2.36. The lowest BCUT2D eigenvalue weighted by Crippen LogP contribution is -2.21. The number of ether oxygens (including phenoxy) is 1. The van der Waals surface area contributed by atoms with E-state index < -0.39 is 21.5 Å². The molecule has 0 aliphatic rings. The first-order valence-electron chi connectivity index (χ1n) is 7.68. The van der Waals surface area contributed by atoms with Gasteiger partial charge in [0.2, 0.25) is 0 Å². The maximum atomic E-state index is 12.1. The molecular formula is C16H25O5PS. The van der Waals surface area contributed by atoms with Gasteiger partial charge in [-0.2, -0.15) is 8.42 Å². The van der Waals surface area contributed by atoms with E-state index >= 15 is 0 Å². The summed E-state index contributed by atoms with van der Waals surface area (Å²) < 4.78 is 33.7. The molecule has 4 atom stereocenters. The van der Waals surface area contributed by atoms with E-state index in [1.807, 2.05) is 0 Å². The summed E-state index contributed by atoms with van der Waals surface area (Å²) in [6, 6.07) is 8.28. The maximum absolute atomic E-state index is 12.1. The maximum Gasteiger partial charge on any atom is 0.313 e. The topological polar surface area (TPSA) is 69.7 Å². The Morgan fingerprint density at radius 3 is 2.30 bits per heavy atom. The van der Waals surface area contributed by atoms with Crippen molar-refractivity contribution < 1.29 is 21.9 Å². The van der Waals surface area contributed by atoms with Crippen LogP contribution in [-0.2, 0) is 23.6 Å². The van der Waals surface area contributed by atoms with E-state index in [0.717, 1.165) is 6.42 Å². The van der Waals surface area contributed by atoms with Crippen LogP contribution in [0.25, 0.3) is 0 Å². The molecule has 0 aromatic heterocycles. The zero-order valence-electron chi connectivity index (χ0n) is 13.8. The van der Waals surface area contributed by atoms with Crippen molar-refractivity contribution in [3.05, 3.63) is 35.9 Å². The molecule has 0 amide bonds. The Balaban J connectivity index is 2.77. The molecule has 0 spiro atoms. The van der Waals surface area contributed by atoms with Crippen LogP contribution in [0.3, 0.4) is 0 Å². The highest BCUT2D eigenvalue weighted by molar-refractivity contribution is 7.88. The lowest BCUT2D eigenvalue weighted by atomic mass is 9.90. The highest BCUT2D eigenvalue weighted by Crippen LogP contribution is 2.28. The number of carbonyl (C=O) groups excluding carboxylic acids is 1. The lowest BCUT2D eigenvalue weighted by molar-refractivity contribution is -0.146. The average Bonchev–Trinajstić information content (AvgIpc) is 2.57. The average molecular weight is 360 g/mol. The molecule has 5 nitrogen and oxygen atoms in total. The van der Waals surface area contributed by atoms with Crippen molar-refractivity contribution in [2.24, 2.45) is 11.8 Å². The highest BCUT2D eigenvalue weighted by Gasteiger charge is 2.31. The third-order valence-electron chi connectivity index (χ3n) is 4.13. The quantitative estimate of drug-likeness (QED) is 0.494. The van der Waals surface area contributed by atoms with Gasteiger partial charge >= 0.3 is 16.1 Å². The normalized spacial score (nSPS) is 15.7. The van der Waals surface area contributed by atoms with E-state index in [-0.39, 0.29) is 6.42 Å². The van der Waals surface area contributed by atoms with Crippen LogP contribution >= 0.6 is 9.47 Å². The second kappa shape index (κ2) is 9.36. The zero-order chi connectivity index (χ0) is 17.5. The number of hydrogen-bond acceptors (Lipinski definition) is 5. The Labute approximate surface area is 141 Å². The smallest absolute Gasteiger partial charge is 0.313 e. The first-order valence-corrected chi connectivity index (χ1v) is 9.62. The third-order valence-corrected chi connectivity index (χ3v) is 6.09. The van der Waals surface area contributed by atoms with Gasteiger partial charge in [-0.15, -0.1) is 0 Å². The van der Waals surface area contributed by atoms with Crippen LogP contribution in [-0.4, -0.2) is 14.4 Å². The molecule has 0 saturated heterocycles. The van der Waals surface area contributed by atoms with Crippen LogP contribution in [0, 0.1) is 11.8 Å². The number of carbonyl (C=O) groups is 1. The van der Waals surface area contributed by atoms with Crippen LogP contribution in [0.4, 0.5) is 0 Å². The van der Waals surface area contributed by atoms with Crippen molar-refractivity contribution in [1.82, 2.24) is 0 Å². The second-order valence-electron chi connectivity index (χ2n) is 5.72. The van der Waals surface area contributed by atoms with Crippen LogP contribution < -0.4 is 0 Å². The molecule has 0 bridgehead atoms. The summed E-state index contributed by atoms with van der Waals surface area (Å²) in [5, 5.41) is 0. The van der Waals surface area contributed by atoms with E-state index in [9.17, 15) is 13.2 Å². The van der Waals surface area contributed by atoms with Gasteiger partial charge in [0.25, 0.3) is 5.44 Å². The zero-order valence-corrected chi connectivity index (χ0v) is 15.7. The molecule has 0 saturated carbocycles. The molecular weight excluding hydrogens is 335 g/mol.